The number of phosphoric acid groups is 1. The lowest BCUT2D eigenvalue weighted by atomic mass is 10.0. The van der Waals surface area contributed by atoms with Crippen LogP contribution >= 0.6 is 7.82 Å². The number of allylic oxidation sites excluding steroid dienone is 9. The molecule has 0 fully saturated rings. The lowest BCUT2D eigenvalue weighted by Crippen LogP contribution is -2.45. The Bertz CT molecular complexity index is 1240. The molecule has 8 nitrogen and oxygen atoms in total. The van der Waals surface area contributed by atoms with Crippen LogP contribution in [0.4, 0.5) is 0 Å². The largest absolute Gasteiger partial charge is 0.756 e. The van der Waals surface area contributed by atoms with Crippen molar-refractivity contribution in [2.75, 3.05) is 40.9 Å². The number of aliphatic hydroxyl groups is 1. The van der Waals surface area contributed by atoms with Crippen LogP contribution in [0, 0.1) is 0 Å². The molecule has 0 aliphatic rings. The van der Waals surface area contributed by atoms with Crippen LogP contribution in [-0.2, 0) is 18.4 Å². The minimum absolute atomic E-state index is 0.0112. The number of hydrogen-bond acceptors (Lipinski definition) is 6. The van der Waals surface area contributed by atoms with Gasteiger partial charge in [-0.1, -0.05) is 222 Å². The monoisotopic (exact) mass is 933 g/mol. The second-order valence-corrected chi connectivity index (χ2v) is 21.0. The molecule has 0 aromatic heterocycles. The number of phosphoric ester groups is 1. The van der Waals surface area contributed by atoms with Gasteiger partial charge in [-0.15, -0.1) is 0 Å². The third-order valence-corrected chi connectivity index (χ3v) is 12.9. The minimum Gasteiger partial charge on any atom is -0.756 e. The number of quaternary nitrogens is 1. The third-order valence-electron chi connectivity index (χ3n) is 11.9. The highest BCUT2D eigenvalue weighted by Gasteiger charge is 2.23. The zero-order valence-corrected chi connectivity index (χ0v) is 44.1. The fourth-order valence-electron chi connectivity index (χ4n) is 7.65. The molecule has 0 saturated carbocycles. The van der Waals surface area contributed by atoms with Crippen LogP contribution in [0.15, 0.2) is 60.8 Å². The fourth-order valence-corrected chi connectivity index (χ4v) is 8.37. The molecule has 0 spiro atoms. The van der Waals surface area contributed by atoms with Gasteiger partial charge in [0.1, 0.15) is 13.2 Å². The third kappa shape index (κ3) is 49.9. The maximum absolute atomic E-state index is 12.9. The Morgan fingerprint density at radius 1 is 0.538 bits per heavy atom. The molecule has 0 aromatic carbocycles. The van der Waals surface area contributed by atoms with Crippen molar-refractivity contribution >= 4 is 13.7 Å². The molecule has 3 atom stereocenters. The normalized spacial score (nSPS) is 14.5. The van der Waals surface area contributed by atoms with E-state index in [4.69, 9.17) is 9.05 Å². The summed E-state index contributed by atoms with van der Waals surface area (Å²) in [4.78, 5) is 25.4. The number of nitrogens with one attached hydrogen (secondary N) is 1. The number of rotatable bonds is 49. The van der Waals surface area contributed by atoms with Crippen molar-refractivity contribution in [1.29, 1.82) is 0 Å². The molecule has 0 aromatic rings. The molecule has 380 valence electrons. The molecule has 0 saturated heterocycles. The van der Waals surface area contributed by atoms with E-state index in [2.05, 4.69) is 67.8 Å². The number of carbonyl (C=O) groups excluding carboxylic acids is 1. The topological polar surface area (TPSA) is 108 Å². The Hall–Kier alpha value is -1.80. The highest BCUT2D eigenvalue weighted by Crippen LogP contribution is 2.38. The van der Waals surface area contributed by atoms with E-state index in [9.17, 15) is 19.4 Å². The lowest BCUT2D eigenvalue weighted by Gasteiger charge is -2.29. The van der Waals surface area contributed by atoms with Crippen LogP contribution in [0.25, 0.3) is 0 Å². The predicted molar refractivity (Wildman–Crippen MR) is 279 cm³/mol. The molecule has 65 heavy (non-hydrogen) atoms. The Balaban J connectivity index is 4.36. The van der Waals surface area contributed by atoms with Gasteiger partial charge >= 0.3 is 0 Å². The number of hydrogen-bond donors (Lipinski definition) is 2. The highest BCUT2D eigenvalue weighted by atomic mass is 31.2. The summed E-state index contributed by atoms with van der Waals surface area (Å²) in [5.41, 5.74) is 0. The van der Waals surface area contributed by atoms with Crippen LogP contribution < -0.4 is 10.2 Å². The Morgan fingerprint density at radius 2 is 0.908 bits per heavy atom. The van der Waals surface area contributed by atoms with Crippen molar-refractivity contribution in [2.45, 2.75) is 251 Å². The maximum atomic E-state index is 12.9. The van der Waals surface area contributed by atoms with Crippen LogP contribution in [0.1, 0.15) is 239 Å². The standard InChI is InChI=1S/C56H105N2O6P/c1-6-8-10-12-14-16-18-20-22-24-26-28-30-31-33-35-37-39-41-43-45-47-49-55(59)54(53-64-65(61,62)63-52-51-58(3,4)5)57-56(60)50-48-46-44-42-40-38-36-34-32-29-27-25-23-21-19-17-15-13-11-9-7-2/h19,21,25,27,32,34,39,41,47,49,54-55,59H,6-18,20,22-24,26,28-31,33,35-38,40,42-46,48,50-53H2,1-5H3,(H-,57,60,61,62)/b21-19-,27-25-,34-32-,41-39+,49-47+. The van der Waals surface area contributed by atoms with E-state index < -0.39 is 26.6 Å². The molecular formula is C56H105N2O6P. The lowest BCUT2D eigenvalue weighted by molar-refractivity contribution is -0.870. The van der Waals surface area contributed by atoms with Gasteiger partial charge in [0.05, 0.1) is 39.9 Å². The molecule has 3 unspecified atom stereocenters. The van der Waals surface area contributed by atoms with Gasteiger partial charge in [0.15, 0.2) is 0 Å². The van der Waals surface area contributed by atoms with Crippen molar-refractivity contribution < 1.29 is 32.9 Å². The molecule has 0 radical (unpaired) electrons. The number of likely N-dealkylation sites (N-methyl/N-ethyl adjacent to an activating group) is 1. The molecule has 0 rings (SSSR count). The predicted octanol–water partition coefficient (Wildman–Crippen LogP) is 15.5. The summed E-state index contributed by atoms with van der Waals surface area (Å²) >= 11 is 0. The van der Waals surface area contributed by atoms with Crippen LogP contribution in [-0.4, -0.2) is 68.5 Å². The van der Waals surface area contributed by atoms with Crippen molar-refractivity contribution in [3.8, 4) is 0 Å². The van der Waals surface area contributed by atoms with E-state index in [0.717, 1.165) is 64.2 Å². The van der Waals surface area contributed by atoms with Crippen molar-refractivity contribution in [3.05, 3.63) is 60.8 Å². The summed E-state index contributed by atoms with van der Waals surface area (Å²) in [5, 5.41) is 13.8. The van der Waals surface area contributed by atoms with E-state index in [1.165, 1.54) is 154 Å². The molecule has 2 N–H and O–H groups in total. The van der Waals surface area contributed by atoms with Crippen molar-refractivity contribution in [3.63, 3.8) is 0 Å². The maximum Gasteiger partial charge on any atom is 0.268 e. The first-order valence-corrected chi connectivity index (χ1v) is 28.6. The molecule has 0 aliphatic carbocycles. The summed E-state index contributed by atoms with van der Waals surface area (Å²) in [6.07, 6.45) is 62.9. The average molecular weight is 933 g/mol. The van der Waals surface area contributed by atoms with E-state index >= 15 is 0 Å². The Kier molecular flexibility index (Phi) is 46.0. The van der Waals surface area contributed by atoms with Gasteiger partial charge < -0.3 is 28.8 Å². The summed E-state index contributed by atoms with van der Waals surface area (Å²) in [7, 11) is 1.23. The van der Waals surface area contributed by atoms with Gasteiger partial charge in [-0.2, -0.15) is 0 Å². The first kappa shape index (κ1) is 63.2. The second-order valence-electron chi connectivity index (χ2n) is 19.6. The molecule has 0 bridgehead atoms. The van der Waals surface area contributed by atoms with Gasteiger partial charge in [0.25, 0.3) is 7.82 Å². The van der Waals surface area contributed by atoms with Gasteiger partial charge in [-0.3, -0.25) is 9.36 Å². The smallest absolute Gasteiger partial charge is 0.268 e. The van der Waals surface area contributed by atoms with Crippen molar-refractivity contribution in [2.24, 2.45) is 0 Å². The summed E-state index contributed by atoms with van der Waals surface area (Å²) in [5.74, 6) is -0.220. The zero-order valence-electron chi connectivity index (χ0n) is 43.2. The Morgan fingerprint density at radius 3 is 1.35 bits per heavy atom. The molecule has 0 heterocycles. The van der Waals surface area contributed by atoms with E-state index in [-0.39, 0.29) is 12.5 Å². The molecule has 9 heteroatoms. The first-order chi connectivity index (χ1) is 31.5. The number of nitrogens with zero attached hydrogens (tertiary/aromatic N) is 1. The fraction of sp³-hybridized carbons (Fsp3) is 0.804. The van der Waals surface area contributed by atoms with Crippen LogP contribution in [0.5, 0.6) is 0 Å². The highest BCUT2D eigenvalue weighted by molar-refractivity contribution is 7.45. The molecular weight excluding hydrogens is 828 g/mol. The van der Waals surface area contributed by atoms with Crippen molar-refractivity contribution in [1.82, 2.24) is 5.32 Å². The number of carbonyl (C=O) groups is 1. The van der Waals surface area contributed by atoms with Gasteiger partial charge in [0, 0.05) is 6.42 Å². The van der Waals surface area contributed by atoms with Gasteiger partial charge in [0.2, 0.25) is 5.91 Å². The van der Waals surface area contributed by atoms with E-state index in [1.54, 1.807) is 6.08 Å². The minimum atomic E-state index is -4.61. The van der Waals surface area contributed by atoms with E-state index in [1.807, 2.05) is 27.2 Å². The second kappa shape index (κ2) is 47.3. The van der Waals surface area contributed by atoms with Crippen LogP contribution in [0.3, 0.4) is 0 Å². The summed E-state index contributed by atoms with van der Waals surface area (Å²) in [6.45, 7) is 4.62. The SMILES string of the molecule is CCCCCCC/C=C\C/C=C\C/C=C\CCCCCCCCC(=O)NC(COP(=O)([O-])OCC[N+](C)(C)C)C(O)/C=C/CC/C=C/CCCCCCCCCCCCCCCCCC. The number of aliphatic hydroxyl groups excluding tert-OH is 1. The molecule has 0 aliphatic heterocycles. The van der Waals surface area contributed by atoms with Gasteiger partial charge in [-0.25, -0.2) is 0 Å². The Labute approximate surface area is 402 Å². The number of unbranched alkanes of at least 4 members (excludes halogenated alkanes) is 28. The first-order valence-electron chi connectivity index (χ1n) is 27.2. The van der Waals surface area contributed by atoms with E-state index in [0.29, 0.717) is 17.4 Å². The number of amides is 1. The van der Waals surface area contributed by atoms with Gasteiger partial charge in [-0.05, 0) is 70.6 Å². The average Bonchev–Trinajstić information content (AvgIpc) is 3.26. The quantitative estimate of drug-likeness (QED) is 0.0272. The zero-order chi connectivity index (χ0) is 47.8. The summed E-state index contributed by atoms with van der Waals surface area (Å²) in [6, 6.07) is -0.913. The summed E-state index contributed by atoms with van der Waals surface area (Å²) < 4.78 is 23.3. The molecule has 1 amide bonds. The van der Waals surface area contributed by atoms with Crippen LogP contribution in [0.2, 0.25) is 0 Å².